The minimum atomic E-state index is -4.92. The van der Waals surface area contributed by atoms with Crippen LogP contribution in [0, 0.1) is 0 Å². The van der Waals surface area contributed by atoms with Gasteiger partial charge in [-0.15, -0.1) is 0 Å². The Bertz CT molecular complexity index is 835. The van der Waals surface area contributed by atoms with Gasteiger partial charge in [-0.2, -0.15) is 26.3 Å². The first kappa shape index (κ1) is 19.7. The lowest BCUT2D eigenvalue weighted by molar-refractivity contribution is -0.143. The van der Waals surface area contributed by atoms with Crippen molar-refractivity contribution >= 4 is 17.7 Å². The fourth-order valence-electron chi connectivity index (χ4n) is 2.48. The molecule has 12 heteroatoms. The Morgan fingerprint density at radius 1 is 1.00 bits per heavy atom. The van der Waals surface area contributed by atoms with Gasteiger partial charge in [-0.1, -0.05) is 0 Å². The molecule has 1 amide bonds. The highest BCUT2D eigenvalue weighted by molar-refractivity contribution is 5.88. The number of aromatic nitrogens is 2. The van der Waals surface area contributed by atoms with E-state index in [1.54, 1.807) is 0 Å². The Kier molecular flexibility index (Phi) is 5.04. The summed E-state index contributed by atoms with van der Waals surface area (Å²) in [6, 6.07) is 1.30. The van der Waals surface area contributed by atoms with Gasteiger partial charge in [0.1, 0.15) is 6.61 Å². The summed E-state index contributed by atoms with van der Waals surface area (Å²) in [5.74, 6) is -0.0257. The highest BCUT2D eigenvalue weighted by Gasteiger charge is 2.36. The van der Waals surface area contributed by atoms with Crippen LogP contribution in [0.15, 0.2) is 30.6 Å². The average Bonchev–Trinajstić information content (AvgIpc) is 3.05. The predicted molar refractivity (Wildman–Crippen MR) is 84.5 cm³/mol. The number of nitrogens with zero attached hydrogens (tertiary/aromatic N) is 3. The molecule has 6 nitrogen and oxygen atoms in total. The predicted octanol–water partition coefficient (Wildman–Crippen LogP) is 4.08. The van der Waals surface area contributed by atoms with Crippen molar-refractivity contribution in [2.75, 3.05) is 23.4 Å². The van der Waals surface area contributed by atoms with E-state index in [0.717, 1.165) is 0 Å². The molecule has 1 aliphatic rings. The Morgan fingerprint density at radius 2 is 1.57 bits per heavy atom. The van der Waals surface area contributed by atoms with Gasteiger partial charge in [-0.3, -0.25) is 4.90 Å². The molecule has 1 aromatic carbocycles. The summed E-state index contributed by atoms with van der Waals surface area (Å²) in [5.41, 5.74) is -2.68. The number of cyclic esters (lactones) is 1. The molecule has 1 aromatic heterocycles. The van der Waals surface area contributed by atoms with E-state index in [-0.39, 0.29) is 30.7 Å². The fourth-order valence-corrected chi connectivity index (χ4v) is 2.48. The topological polar surface area (TPSA) is 67.3 Å². The number of carbonyl (C=O) groups excluding carboxylic acids is 1. The third kappa shape index (κ3) is 4.43. The fraction of sp³-hybridized carbons (Fsp3) is 0.312. The van der Waals surface area contributed by atoms with Gasteiger partial charge in [-0.25, -0.2) is 14.8 Å². The number of hydrogen-bond acceptors (Lipinski definition) is 5. The lowest BCUT2D eigenvalue weighted by Gasteiger charge is -2.15. The van der Waals surface area contributed by atoms with E-state index < -0.39 is 29.6 Å². The highest BCUT2D eigenvalue weighted by atomic mass is 19.4. The zero-order valence-corrected chi connectivity index (χ0v) is 13.9. The number of halogens is 6. The maximum Gasteiger partial charge on any atom is 0.416 e. The van der Waals surface area contributed by atoms with Crippen LogP contribution in [0.4, 0.5) is 42.8 Å². The van der Waals surface area contributed by atoms with Crippen molar-refractivity contribution in [3.05, 3.63) is 47.3 Å². The van der Waals surface area contributed by atoms with E-state index in [1.807, 2.05) is 0 Å². The normalized spacial score (nSPS) is 14.9. The molecule has 1 fully saturated rings. The van der Waals surface area contributed by atoms with E-state index >= 15 is 0 Å². The van der Waals surface area contributed by atoms with E-state index in [2.05, 4.69) is 15.3 Å². The van der Waals surface area contributed by atoms with Gasteiger partial charge in [-0.05, 0) is 23.8 Å². The van der Waals surface area contributed by atoms with Crippen molar-refractivity contribution in [3.8, 4) is 0 Å². The molecular weight excluding hydrogens is 394 g/mol. The Hall–Kier alpha value is -3.05. The summed E-state index contributed by atoms with van der Waals surface area (Å²) >= 11 is 0. The molecule has 0 aliphatic carbocycles. The van der Waals surface area contributed by atoms with E-state index in [9.17, 15) is 31.1 Å². The number of amides is 1. The number of anilines is 2. The number of carbonyl (C=O) groups is 1. The van der Waals surface area contributed by atoms with Gasteiger partial charge in [0.05, 0.1) is 35.8 Å². The molecule has 1 N–H and O–H groups in total. The van der Waals surface area contributed by atoms with Crippen molar-refractivity contribution in [1.82, 2.24) is 9.97 Å². The van der Waals surface area contributed by atoms with Crippen LogP contribution < -0.4 is 10.2 Å². The highest BCUT2D eigenvalue weighted by Crippen LogP contribution is 2.36. The van der Waals surface area contributed by atoms with Crippen LogP contribution in [-0.2, 0) is 23.6 Å². The van der Waals surface area contributed by atoms with Gasteiger partial charge in [0.15, 0.2) is 0 Å². The van der Waals surface area contributed by atoms with E-state index in [0.29, 0.717) is 24.4 Å². The monoisotopic (exact) mass is 406 g/mol. The van der Waals surface area contributed by atoms with Crippen LogP contribution in [0.5, 0.6) is 0 Å². The van der Waals surface area contributed by atoms with Crippen LogP contribution in [0.1, 0.15) is 16.7 Å². The minimum absolute atomic E-state index is 0.0257. The first-order valence-corrected chi connectivity index (χ1v) is 7.82. The van der Waals surface area contributed by atoms with Gasteiger partial charge in [0.25, 0.3) is 0 Å². The van der Waals surface area contributed by atoms with E-state index in [1.165, 1.54) is 17.3 Å². The first-order valence-electron chi connectivity index (χ1n) is 7.82. The molecule has 2 aromatic rings. The molecule has 1 saturated heterocycles. The van der Waals surface area contributed by atoms with Crippen molar-refractivity contribution in [1.29, 1.82) is 0 Å². The molecule has 2 heterocycles. The zero-order chi connectivity index (χ0) is 20.5. The molecule has 3 rings (SSSR count). The number of alkyl halides is 6. The second-order valence-corrected chi connectivity index (χ2v) is 5.80. The largest absolute Gasteiger partial charge is 0.447 e. The van der Waals surface area contributed by atoms with Crippen molar-refractivity contribution in [3.63, 3.8) is 0 Å². The Morgan fingerprint density at radius 3 is 2.04 bits per heavy atom. The minimum Gasteiger partial charge on any atom is -0.447 e. The van der Waals surface area contributed by atoms with Gasteiger partial charge in [0.2, 0.25) is 5.95 Å². The zero-order valence-electron chi connectivity index (χ0n) is 13.9. The van der Waals surface area contributed by atoms with Gasteiger partial charge < -0.3 is 10.1 Å². The lowest BCUT2D eigenvalue weighted by Crippen LogP contribution is -2.23. The maximum atomic E-state index is 12.9. The number of ether oxygens (including phenoxy) is 1. The lowest BCUT2D eigenvalue weighted by atomic mass is 10.0. The summed E-state index contributed by atoms with van der Waals surface area (Å²) < 4.78 is 82.0. The second-order valence-electron chi connectivity index (χ2n) is 5.80. The molecule has 0 unspecified atom stereocenters. The second kappa shape index (κ2) is 7.17. The third-order valence-electron chi connectivity index (χ3n) is 3.81. The summed E-state index contributed by atoms with van der Waals surface area (Å²) in [6.07, 6.45) is -7.82. The maximum absolute atomic E-state index is 12.9. The molecule has 0 saturated carbocycles. The molecule has 0 radical (unpaired) electrons. The van der Waals surface area contributed by atoms with Crippen molar-refractivity contribution in [2.24, 2.45) is 0 Å². The number of nitrogens with one attached hydrogen (secondary N) is 1. The summed E-state index contributed by atoms with van der Waals surface area (Å²) in [6.45, 7) is 0.174. The number of benzene rings is 1. The van der Waals surface area contributed by atoms with Crippen LogP contribution in [0.25, 0.3) is 0 Å². The molecule has 0 spiro atoms. The Balaban J connectivity index is 1.75. The average molecular weight is 406 g/mol. The molecule has 150 valence electrons. The molecule has 28 heavy (non-hydrogen) atoms. The molecular formula is C16H12F6N4O2. The summed E-state index contributed by atoms with van der Waals surface area (Å²) in [5, 5.41) is 2.56. The first-order chi connectivity index (χ1) is 13.0. The summed E-state index contributed by atoms with van der Waals surface area (Å²) in [7, 11) is 0. The SMILES string of the molecule is O=C1OCCN1c1cnc(NCc2cc(C(F)(F)F)cc(C(F)(F)F)c2)nc1. The van der Waals surface area contributed by atoms with Gasteiger partial charge in [0, 0.05) is 6.54 Å². The van der Waals surface area contributed by atoms with Crippen LogP contribution in [0.2, 0.25) is 0 Å². The van der Waals surface area contributed by atoms with Crippen molar-refractivity contribution < 1.29 is 35.9 Å². The molecule has 0 atom stereocenters. The smallest absolute Gasteiger partial charge is 0.416 e. The summed E-state index contributed by atoms with van der Waals surface area (Å²) in [4.78, 5) is 20.5. The number of rotatable bonds is 4. The quantitative estimate of drug-likeness (QED) is 0.775. The third-order valence-corrected chi connectivity index (χ3v) is 3.81. The Labute approximate surface area is 154 Å². The molecule has 1 aliphatic heterocycles. The molecule has 0 bridgehead atoms. The van der Waals surface area contributed by atoms with E-state index in [4.69, 9.17) is 4.74 Å². The number of hydrogen-bond donors (Lipinski definition) is 1. The van der Waals surface area contributed by atoms with Crippen LogP contribution in [0.3, 0.4) is 0 Å². The van der Waals surface area contributed by atoms with Crippen LogP contribution in [-0.4, -0.2) is 29.2 Å². The van der Waals surface area contributed by atoms with Crippen molar-refractivity contribution in [2.45, 2.75) is 18.9 Å². The van der Waals surface area contributed by atoms with Gasteiger partial charge >= 0.3 is 18.4 Å². The standard InChI is InChI=1S/C16H12F6N4O2/c17-15(18,19)10-3-9(4-11(5-10)16(20,21)22)6-23-13-24-7-12(8-25-13)26-1-2-28-14(26)27/h3-5,7-8H,1-2,6H2,(H,23,24,25). The van der Waals surface area contributed by atoms with Crippen LogP contribution >= 0.6 is 0 Å².